The molecule has 1 unspecified atom stereocenters. The van der Waals surface area contributed by atoms with Crippen LogP contribution in [0.2, 0.25) is 0 Å². The number of nitrogens with zero attached hydrogens (tertiary/aromatic N) is 2. The molecule has 0 saturated carbocycles. The fourth-order valence-corrected chi connectivity index (χ4v) is 2.12. The third kappa shape index (κ3) is 9.15. The minimum Gasteiger partial charge on any atom is -0.382 e. The van der Waals surface area contributed by atoms with E-state index in [0.29, 0.717) is 6.04 Å². The van der Waals surface area contributed by atoms with Gasteiger partial charge in [-0.05, 0) is 39.8 Å². The zero-order valence-electron chi connectivity index (χ0n) is 14.0. The van der Waals surface area contributed by atoms with E-state index in [0.717, 1.165) is 58.2 Å². The van der Waals surface area contributed by atoms with Crippen molar-refractivity contribution in [3.05, 3.63) is 0 Å². The lowest BCUT2D eigenvalue weighted by molar-refractivity contribution is 0.143. The van der Waals surface area contributed by atoms with E-state index in [1.54, 1.807) is 0 Å². The van der Waals surface area contributed by atoms with Crippen LogP contribution in [0.3, 0.4) is 0 Å². The molecule has 0 spiro atoms. The zero-order chi connectivity index (χ0) is 15.2. The Morgan fingerprint density at radius 1 is 1.15 bits per heavy atom. The number of hydrogen-bond donors (Lipinski definition) is 2. The normalized spacial score (nSPS) is 13.6. The highest BCUT2D eigenvalue weighted by atomic mass is 16.5. The molecular formula is C15H34N4O. The summed E-state index contributed by atoms with van der Waals surface area (Å²) in [6.07, 6.45) is 2.19. The molecule has 0 aromatic carbocycles. The second-order valence-electron chi connectivity index (χ2n) is 4.85. The number of guanidine groups is 1. The zero-order valence-corrected chi connectivity index (χ0v) is 14.0. The van der Waals surface area contributed by atoms with Crippen molar-refractivity contribution < 1.29 is 4.74 Å². The topological polar surface area (TPSA) is 48.9 Å². The van der Waals surface area contributed by atoms with Gasteiger partial charge in [-0.2, -0.15) is 0 Å². The first-order valence-corrected chi connectivity index (χ1v) is 7.95. The van der Waals surface area contributed by atoms with Crippen LogP contribution in [0, 0.1) is 0 Å². The smallest absolute Gasteiger partial charge is 0.191 e. The number of rotatable bonds is 11. The molecule has 2 N–H and O–H groups in total. The molecule has 20 heavy (non-hydrogen) atoms. The molecule has 0 bridgehead atoms. The summed E-state index contributed by atoms with van der Waals surface area (Å²) in [6.45, 7) is 14.4. The molecule has 120 valence electrons. The van der Waals surface area contributed by atoms with E-state index in [9.17, 15) is 0 Å². The number of hydrogen-bond acceptors (Lipinski definition) is 3. The molecule has 0 aliphatic rings. The average molecular weight is 286 g/mol. The van der Waals surface area contributed by atoms with Crippen LogP contribution in [0.25, 0.3) is 0 Å². The Morgan fingerprint density at radius 3 is 2.40 bits per heavy atom. The molecule has 0 radical (unpaired) electrons. The summed E-state index contributed by atoms with van der Waals surface area (Å²) in [5.74, 6) is 0.889. The number of nitrogens with one attached hydrogen (secondary N) is 2. The van der Waals surface area contributed by atoms with E-state index in [1.165, 1.54) is 0 Å². The van der Waals surface area contributed by atoms with E-state index in [-0.39, 0.29) is 0 Å². The lowest BCUT2D eigenvalue weighted by atomic mass is 10.3. The third-order valence-electron chi connectivity index (χ3n) is 3.44. The Kier molecular flexibility index (Phi) is 12.7. The molecule has 0 aliphatic carbocycles. The van der Waals surface area contributed by atoms with Gasteiger partial charge in [0.05, 0.1) is 0 Å². The first-order chi connectivity index (χ1) is 9.69. The Hall–Kier alpha value is -0.810. The summed E-state index contributed by atoms with van der Waals surface area (Å²) in [5, 5.41) is 6.73. The summed E-state index contributed by atoms with van der Waals surface area (Å²) in [5.41, 5.74) is 0. The van der Waals surface area contributed by atoms with E-state index >= 15 is 0 Å². The summed E-state index contributed by atoms with van der Waals surface area (Å²) >= 11 is 0. The third-order valence-corrected chi connectivity index (χ3v) is 3.44. The van der Waals surface area contributed by atoms with Crippen LogP contribution < -0.4 is 10.6 Å². The van der Waals surface area contributed by atoms with Crippen molar-refractivity contribution in [3.63, 3.8) is 0 Å². The lowest BCUT2D eigenvalue weighted by Crippen LogP contribution is -2.46. The number of ether oxygens (including phenoxy) is 1. The molecule has 1 atom stereocenters. The van der Waals surface area contributed by atoms with Crippen LogP contribution in [-0.4, -0.2) is 63.3 Å². The maximum atomic E-state index is 5.32. The van der Waals surface area contributed by atoms with Crippen molar-refractivity contribution >= 4 is 5.96 Å². The van der Waals surface area contributed by atoms with E-state index < -0.39 is 0 Å². The molecule has 0 saturated heterocycles. The second kappa shape index (κ2) is 13.2. The van der Waals surface area contributed by atoms with E-state index in [2.05, 4.69) is 41.3 Å². The van der Waals surface area contributed by atoms with Crippen LogP contribution in [0.15, 0.2) is 4.99 Å². The van der Waals surface area contributed by atoms with Crippen molar-refractivity contribution in [2.45, 2.75) is 46.6 Å². The summed E-state index contributed by atoms with van der Waals surface area (Å²) < 4.78 is 5.32. The maximum absolute atomic E-state index is 5.32. The fourth-order valence-electron chi connectivity index (χ4n) is 2.12. The van der Waals surface area contributed by atoms with Crippen molar-refractivity contribution in [3.8, 4) is 0 Å². The Morgan fingerprint density at radius 2 is 1.85 bits per heavy atom. The van der Waals surface area contributed by atoms with E-state index in [1.807, 2.05) is 14.0 Å². The maximum Gasteiger partial charge on any atom is 0.191 e. The van der Waals surface area contributed by atoms with Gasteiger partial charge < -0.3 is 15.4 Å². The van der Waals surface area contributed by atoms with Gasteiger partial charge in [0, 0.05) is 39.4 Å². The van der Waals surface area contributed by atoms with Gasteiger partial charge >= 0.3 is 0 Å². The SMILES string of the molecule is CCOCCCCNC(=NC)NCC(C)N(CC)CC. The molecule has 0 rings (SSSR count). The van der Waals surface area contributed by atoms with Gasteiger partial charge in [0.1, 0.15) is 0 Å². The van der Waals surface area contributed by atoms with Gasteiger partial charge in [-0.1, -0.05) is 13.8 Å². The summed E-state index contributed by atoms with van der Waals surface area (Å²) in [6, 6.07) is 0.515. The van der Waals surface area contributed by atoms with E-state index in [4.69, 9.17) is 4.74 Å². The quantitative estimate of drug-likeness (QED) is 0.345. The minimum absolute atomic E-state index is 0.515. The molecule has 0 heterocycles. The van der Waals surface area contributed by atoms with Crippen LogP contribution in [0.5, 0.6) is 0 Å². The van der Waals surface area contributed by atoms with Gasteiger partial charge in [0.15, 0.2) is 5.96 Å². The monoisotopic (exact) mass is 286 g/mol. The molecule has 0 fully saturated rings. The predicted molar refractivity (Wildman–Crippen MR) is 87.5 cm³/mol. The number of unbranched alkanes of at least 4 members (excludes halogenated alkanes) is 1. The Labute approximate surface area is 125 Å². The lowest BCUT2D eigenvalue weighted by Gasteiger charge is -2.27. The largest absolute Gasteiger partial charge is 0.382 e. The predicted octanol–water partition coefficient (Wildman–Crippen LogP) is 1.70. The van der Waals surface area contributed by atoms with Crippen molar-refractivity contribution in [2.24, 2.45) is 4.99 Å². The van der Waals surface area contributed by atoms with Gasteiger partial charge in [0.2, 0.25) is 0 Å². The minimum atomic E-state index is 0.515. The van der Waals surface area contributed by atoms with Crippen LogP contribution >= 0.6 is 0 Å². The molecular weight excluding hydrogens is 252 g/mol. The fraction of sp³-hybridized carbons (Fsp3) is 0.933. The standard InChI is InChI=1S/C15H34N4O/c1-6-19(7-2)14(4)13-18-15(16-5)17-11-9-10-12-20-8-3/h14H,6-13H2,1-5H3,(H2,16,17,18). The van der Waals surface area contributed by atoms with Gasteiger partial charge in [0.25, 0.3) is 0 Å². The number of likely N-dealkylation sites (N-methyl/N-ethyl adjacent to an activating group) is 1. The molecule has 0 aliphatic heterocycles. The Bertz CT molecular complexity index is 242. The highest BCUT2D eigenvalue weighted by Gasteiger charge is 2.09. The van der Waals surface area contributed by atoms with Crippen molar-refractivity contribution in [2.75, 3.05) is 46.4 Å². The van der Waals surface area contributed by atoms with Crippen LogP contribution in [0.1, 0.15) is 40.5 Å². The molecule has 5 nitrogen and oxygen atoms in total. The average Bonchev–Trinajstić information content (AvgIpc) is 2.47. The van der Waals surface area contributed by atoms with Gasteiger partial charge in [-0.25, -0.2) is 0 Å². The molecule has 5 heteroatoms. The first kappa shape index (κ1) is 19.2. The number of aliphatic imine (C=N–C) groups is 1. The second-order valence-corrected chi connectivity index (χ2v) is 4.85. The van der Waals surface area contributed by atoms with Crippen LogP contribution in [-0.2, 0) is 4.74 Å². The summed E-state index contributed by atoms with van der Waals surface area (Å²) in [4.78, 5) is 6.68. The Balaban J connectivity index is 3.77. The molecule has 0 aromatic rings. The highest BCUT2D eigenvalue weighted by Crippen LogP contribution is 1.96. The van der Waals surface area contributed by atoms with Crippen molar-refractivity contribution in [1.82, 2.24) is 15.5 Å². The molecule has 0 aromatic heterocycles. The van der Waals surface area contributed by atoms with Crippen LogP contribution in [0.4, 0.5) is 0 Å². The molecule has 0 amide bonds. The van der Waals surface area contributed by atoms with Gasteiger partial charge in [-0.3, -0.25) is 9.89 Å². The highest BCUT2D eigenvalue weighted by molar-refractivity contribution is 5.79. The first-order valence-electron chi connectivity index (χ1n) is 7.95. The summed E-state index contributed by atoms with van der Waals surface area (Å²) in [7, 11) is 1.82. The van der Waals surface area contributed by atoms with Gasteiger partial charge in [-0.15, -0.1) is 0 Å². The van der Waals surface area contributed by atoms with Crippen molar-refractivity contribution in [1.29, 1.82) is 0 Å².